The monoisotopic (exact) mass is 382 g/mol. The molecule has 140 valence electrons. The summed E-state index contributed by atoms with van der Waals surface area (Å²) >= 11 is 1.67. The van der Waals surface area contributed by atoms with Gasteiger partial charge in [-0.3, -0.25) is 9.59 Å². The number of hydrogen-bond donors (Lipinski definition) is 1. The summed E-state index contributed by atoms with van der Waals surface area (Å²) in [7, 11) is 1.62. The molecule has 0 radical (unpaired) electrons. The van der Waals surface area contributed by atoms with E-state index in [0.717, 1.165) is 16.9 Å². The molecule has 6 heteroatoms. The lowest BCUT2D eigenvalue weighted by atomic mass is 10.0. The van der Waals surface area contributed by atoms with Crippen molar-refractivity contribution in [1.82, 2.24) is 10.2 Å². The Labute approximate surface area is 163 Å². The maximum Gasteiger partial charge on any atom is 0.256 e. The molecule has 27 heavy (non-hydrogen) atoms. The number of amides is 2. The number of rotatable bonds is 4. The lowest BCUT2D eigenvalue weighted by molar-refractivity contribution is -0.126. The molecule has 0 saturated carbocycles. The molecule has 2 aliphatic heterocycles. The largest absolute Gasteiger partial charge is 0.497 e. The maximum atomic E-state index is 13.1. The molecule has 0 aliphatic carbocycles. The Morgan fingerprint density at radius 2 is 2.00 bits per heavy atom. The van der Waals surface area contributed by atoms with Gasteiger partial charge in [0.15, 0.2) is 0 Å². The van der Waals surface area contributed by atoms with Crippen molar-refractivity contribution in [2.24, 2.45) is 0 Å². The molecular weight excluding hydrogens is 360 g/mol. The fourth-order valence-corrected chi connectivity index (χ4v) is 5.46. The molecule has 2 atom stereocenters. The van der Waals surface area contributed by atoms with E-state index in [0.29, 0.717) is 12.1 Å². The Bertz CT molecular complexity index is 912. The van der Waals surface area contributed by atoms with E-state index >= 15 is 0 Å². The molecule has 0 spiro atoms. The van der Waals surface area contributed by atoms with Crippen LogP contribution in [0.5, 0.6) is 5.75 Å². The first-order valence-corrected chi connectivity index (χ1v) is 9.80. The van der Waals surface area contributed by atoms with Crippen molar-refractivity contribution in [3.8, 4) is 5.75 Å². The SMILES string of the molecule is COc1cccc(CNC(=O)C2N3C(=O)c4ccccc4C3SC2(C)C)c1. The van der Waals surface area contributed by atoms with Crippen molar-refractivity contribution in [2.75, 3.05) is 7.11 Å². The molecule has 5 nitrogen and oxygen atoms in total. The molecule has 2 heterocycles. The number of benzene rings is 2. The minimum atomic E-state index is -0.516. The van der Waals surface area contributed by atoms with Crippen LogP contribution >= 0.6 is 11.8 Å². The van der Waals surface area contributed by atoms with E-state index in [2.05, 4.69) is 5.32 Å². The van der Waals surface area contributed by atoms with E-state index in [-0.39, 0.29) is 21.9 Å². The maximum absolute atomic E-state index is 13.1. The zero-order chi connectivity index (χ0) is 19.2. The van der Waals surface area contributed by atoms with Crippen molar-refractivity contribution >= 4 is 23.6 Å². The van der Waals surface area contributed by atoms with Gasteiger partial charge in [-0.25, -0.2) is 0 Å². The van der Waals surface area contributed by atoms with Crippen LogP contribution in [-0.4, -0.2) is 34.6 Å². The number of methoxy groups -OCH3 is 1. The number of nitrogens with zero attached hydrogens (tertiary/aromatic N) is 1. The van der Waals surface area contributed by atoms with E-state index in [1.54, 1.807) is 23.8 Å². The summed E-state index contributed by atoms with van der Waals surface area (Å²) in [4.78, 5) is 27.8. The van der Waals surface area contributed by atoms with Gasteiger partial charge < -0.3 is 15.0 Å². The highest BCUT2D eigenvalue weighted by molar-refractivity contribution is 8.01. The highest BCUT2D eigenvalue weighted by Crippen LogP contribution is 2.56. The first kappa shape index (κ1) is 17.9. The summed E-state index contributed by atoms with van der Waals surface area (Å²) in [5, 5.41) is 2.91. The molecule has 1 saturated heterocycles. The third-order valence-electron chi connectivity index (χ3n) is 5.15. The molecule has 0 bridgehead atoms. The summed E-state index contributed by atoms with van der Waals surface area (Å²) in [5.74, 6) is 0.568. The van der Waals surface area contributed by atoms with E-state index in [9.17, 15) is 9.59 Å². The second kappa shape index (κ2) is 6.60. The number of ether oxygens (including phenoxy) is 1. The van der Waals surface area contributed by atoms with E-state index in [4.69, 9.17) is 4.74 Å². The Balaban J connectivity index is 1.55. The molecule has 1 N–H and O–H groups in total. The fourth-order valence-electron chi connectivity index (χ4n) is 3.87. The second-order valence-electron chi connectivity index (χ2n) is 7.35. The smallest absolute Gasteiger partial charge is 0.256 e. The van der Waals surface area contributed by atoms with E-state index in [1.165, 1.54) is 0 Å². The lowest BCUT2D eigenvalue weighted by Gasteiger charge is -2.29. The number of nitrogens with one attached hydrogen (secondary N) is 1. The molecule has 1 fully saturated rings. The highest BCUT2D eigenvalue weighted by atomic mass is 32.2. The van der Waals surface area contributed by atoms with Gasteiger partial charge in [0, 0.05) is 16.9 Å². The predicted molar refractivity (Wildman–Crippen MR) is 106 cm³/mol. The van der Waals surface area contributed by atoms with Crippen LogP contribution in [0.4, 0.5) is 0 Å². The Morgan fingerprint density at radius 1 is 1.22 bits per heavy atom. The van der Waals surface area contributed by atoms with Crippen LogP contribution in [0.3, 0.4) is 0 Å². The van der Waals surface area contributed by atoms with Crippen LogP contribution in [0.2, 0.25) is 0 Å². The molecule has 4 rings (SSSR count). The number of thioether (sulfide) groups is 1. The van der Waals surface area contributed by atoms with Gasteiger partial charge in [-0.1, -0.05) is 30.3 Å². The summed E-state index contributed by atoms with van der Waals surface area (Å²) in [5.41, 5.74) is 2.67. The molecule has 2 unspecified atom stereocenters. The lowest BCUT2D eigenvalue weighted by Crippen LogP contribution is -2.52. The minimum Gasteiger partial charge on any atom is -0.497 e. The first-order chi connectivity index (χ1) is 12.9. The molecule has 2 aliphatic rings. The first-order valence-electron chi connectivity index (χ1n) is 8.92. The van der Waals surface area contributed by atoms with Gasteiger partial charge in [-0.15, -0.1) is 11.8 Å². The highest BCUT2D eigenvalue weighted by Gasteiger charge is 2.57. The number of carbonyl (C=O) groups excluding carboxylic acids is 2. The third kappa shape index (κ3) is 2.98. The molecule has 2 amide bonds. The molecule has 2 aromatic carbocycles. The van der Waals surface area contributed by atoms with Gasteiger partial charge in [0.25, 0.3) is 5.91 Å². The molecule has 0 aromatic heterocycles. The van der Waals surface area contributed by atoms with Crippen molar-refractivity contribution in [1.29, 1.82) is 0 Å². The third-order valence-corrected chi connectivity index (χ3v) is 6.68. The standard InChI is InChI=1S/C21H22N2O3S/c1-21(2)17(18(24)22-12-13-7-6-8-14(11-13)26-3)23-19(25)15-9-4-5-10-16(15)20(23)27-21/h4-11,17,20H,12H2,1-3H3,(H,22,24). The van der Waals surface area contributed by atoms with Gasteiger partial charge in [0.1, 0.15) is 17.2 Å². The van der Waals surface area contributed by atoms with Gasteiger partial charge >= 0.3 is 0 Å². The topological polar surface area (TPSA) is 58.6 Å². The normalized spacial score (nSPS) is 22.3. The summed E-state index contributed by atoms with van der Waals surface area (Å²) in [6.07, 6.45) is 0. The van der Waals surface area contributed by atoms with Crippen LogP contribution in [0, 0.1) is 0 Å². The van der Waals surface area contributed by atoms with Crippen molar-refractivity contribution in [3.05, 3.63) is 65.2 Å². The quantitative estimate of drug-likeness (QED) is 0.881. The second-order valence-corrected chi connectivity index (χ2v) is 9.08. The summed E-state index contributed by atoms with van der Waals surface area (Å²) in [6.45, 7) is 4.45. The minimum absolute atomic E-state index is 0.0600. The Hall–Kier alpha value is -2.47. The average Bonchev–Trinajstić information content (AvgIpc) is 3.10. The molecule has 2 aromatic rings. The predicted octanol–water partition coefficient (Wildman–Crippen LogP) is 3.36. The van der Waals surface area contributed by atoms with Gasteiger partial charge in [0.2, 0.25) is 5.91 Å². The van der Waals surface area contributed by atoms with Crippen LogP contribution in [0.15, 0.2) is 48.5 Å². The number of hydrogen-bond acceptors (Lipinski definition) is 4. The number of fused-ring (bicyclic) bond motifs is 3. The van der Waals surface area contributed by atoms with Crippen LogP contribution < -0.4 is 10.1 Å². The average molecular weight is 382 g/mol. The Morgan fingerprint density at radius 3 is 2.78 bits per heavy atom. The van der Waals surface area contributed by atoms with Gasteiger partial charge in [-0.05, 0) is 43.2 Å². The van der Waals surface area contributed by atoms with E-state index < -0.39 is 6.04 Å². The van der Waals surface area contributed by atoms with Crippen LogP contribution in [0.25, 0.3) is 0 Å². The summed E-state index contributed by atoms with van der Waals surface area (Å²) in [6, 6.07) is 14.7. The van der Waals surface area contributed by atoms with Crippen LogP contribution in [-0.2, 0) is 11.3 Å². The van der Waals surface area contributed by atoms with Gasteiger partial charge in [-0.2, -0.15) is 0 Å². The van der Waals surface area contributed by atoms with Crippen molar-refractivity contribution in [3.63, 3.8) is 0 Å². The van der Waals surface area contributed by atoms with Crippen molar-refractivity contribution in [2.45, 2.75) is 36.6 Å². The van der Waals surface area contributed by atoms with E-state index in [1.807, 2.05) is 62.4 Å². The zero-order valence-electron chi connectivity index (χ0n) is 15.6. The zero-order valence-corrected chi connectivity index (χ0v) is 16.4. The summed E-state index contributed by atoms with van der Waals surface area (Å²) < 4.78 is 4.86. The van der Waals surface area contributed by atoms with Crippen molar-refractivity contribution < 1.29 is 14.3 Å². The fraction of sp³-hybridized carbons (Fsp3) is 0.333. The van der Waals surface area contributed by atoms with Gasteiger partial charge in [0.05, 0.1) is 7.11 Å². The molecular formula is C21H22N2O3S. The van der Waals surface area contributed by atoms with Crippen LogP contribution in [0.1, 0.15) is 40.7 Å². The number of carbonyl (C=O) groups is 2. The Kier molecular flexibility index (Phi) is 4.38.